The summed E-state index contributed by atoms with van der Waals surface area (Å²) in [6, 6.07) is 10.9. The standard InChI is InChI=1S/C13H10N2O3S/c1-10-4-6-11(7-5-10)19(16,17)18-13-3-2-8-15-12(13)9-14/h2-8H,1H3. The molecule has 0 saturated heterocycles. The van der Waals surface area contributed by atoms with Crippen LogP contribution < -0.4 is 4.18 Å². The van der Waals surface area contributed by atoms with E-state index in [0.29, 0.717) is 0 Å². The van der Waals surface area contributed by atoms with E-state index in [2.05, 4.69) is 4.98 Å². The molecule has 19 heavy (non-hydrogen) atoms. The van der Waals surface area contributed by atoms with Crippen LogP contribution in [0.2, 0.25) is 0 Å². The summed E-state index contributed by atoms with van der Waals surface area (Å²) in [7, 11) is -3.95. The second-order valence-corrected chi connectivity index (χ2v) is 5.36. The molecule has 1 heterocycles. The van der Waals surface area contributed by atoms with Crippen molar-refractivity contribution >= 4 is 10.1 Å². The Balaban J connectivity index is 2.37. The Hall–Kier alpha value is -2.39. The Morgan fingerprint density at radius 1 is 1.21 bits per heavy atom. The Morgan fingerprint density at radius 3 is 2.53 bits per heavy atom. The van der Waals surface area contributed by atoms with Crippen LogP contribution in [0.5, 0.6) is 5.75 Å². The molecule has 0 aliphatic rings. The minimum absolute atomic E-state index is 0.0332. The maximum absolute atomic E-state index is 12.0. The molecule has 6 heteroatoms. The molecule has 1 aromatic carbocycles. The Labute approximate surface area is 111 Å². The van der Waals surface area contributed by atoms with Crippen LogP contribution in [-0.4, -0.2) is 13.4 Å². The Kier molecular flexibility index (Phi) is 3.49. The number of hydrogen-bond donors (Lipinski definition) is 0. The first kappa shape index (κ1) is 13.1. The molecular formula is C13H10N2O3S. The van der Waals surface area contributed by atoms with Gasteiger partial charge in [-0.1, -0.05) is 17.7 Å². The van der Waals surface area contributed by atoms with Crippen molar-refractivity contribution < 1.29 is 12.6 Å². The average Bonchev–Trinajstić information content (AvgIpc) is 2.39. The fraction of sp³-hybridized carbons (Fsp3) is 0.0769. The predicted molar refractivity (Wildman–Crippen MR) is 67.9 cm³/mol. The van der Waals surface area contributed by atoms with Gasteiger partial charge < -0.3 is 4.18 Å². The SMILES string of the molecule is Cc1ccc(S(=O)(=O)Oc2cccnc2C#N)cc1. The zero-order valence-electron chi connectivity index (χ0n) is 10.1. The number of pyridine rings is 1. The monoisotopic (exact) mass is 274 g/mol. The van der Waals surface area contributed by atoms with E-state index in [1.807, 2.05) is 6.92 Å². The number of hydrogen-bond acceptors (Lipinski definition) is 5. The van der Waals surface area contributed by atoms with Gasteiger partial charge in [-0.25, -0.2) is 4.98 Å². The van der Waals surface area contributed by atoms with E-state index < -0.39 is 10.1 Å². The van der Waals surface area contributed by atoms with Gasteiger partial charge in [-0.3, -0.25) is 0 Å². The van der Waals surface area contributed by atoms with E-state index in [9.17, 15) is 8.42 Å². The smallest absolute Gasteiger partial charge is 0.339 e. The molecule has 0 radical (unpaired) electrons. The second kappa shape index (κ2) is 5.08. The minimum Gasteiger partial charge on any atom is -0.376 e. The van der Waals surface area contributed by atoms with Crippen LogP contribution in [0.15, 0.2) is 47.5 Å². The highest BCUT2D eigenvalue weighted by Gasteiger charge is 2.18. The van der Waals surface area contributed by atoms with Gasteiger partial charge in [-0.05, 0) is 31.2 Å². The van der Waals surface area contributed by atoms with Crippen molar-refractivity contribution in [3.05, 3.63) is 53.9 Å². The zero-order valence-corrected chi connectivity index (χ0v) is 10.9. The molecule has 0 spiro atoms. The molecule has 2 aromatic rings. The largest absolute Gasteiger partial charge is 0.376 e. The van der Waals surface area contributed by atoms with E-state index in [1.54, 1.807) is 18.2 Å². The lowest BCUT2D eigenvalue weighted by molar-refractivity contribution is 0.484. The van der Waals surface area contributed by atoms with Gasteiger partial charge in [0.1, 0.15) is 11.0 Å². The number of rotatable bonds is 3. The normalized spacial score (nSPS) is 10.7. The molecular weight excluding hydrogens is 264 g/mol. The zero-order chi connectivity index (χ0) is 13.9. The first-order valence-electron chi connectivity index (χ1n) is 5.39. The molecule has 0 bridgehead atoms. The van der Waals surface area contributed by atoms with Gasteiger partial charge in [0.2, 0.25) is 0 Å². The number of benzene rings is 1. The van der Waals surface area contributed by atoms with Gasteiger partial charge in [0.15, 0.2) is 11.4 Å². The lowest BCUT2D eigenvalue weighted by Crippen LogP contribution is -2.10. The summed E-state index contributed by atoms with van der Waals surface area (Å²) in [5, 5.41) is 8.83. The molecule has 0 N–H and O–H groups in total. The number of aryl methyl sites for hydroxylation is 1. The van der Waals surface area contributed by atoms with Gasteiger partial charge in [0.25, 0.3) is 0 Å². The third-order valence-corrected chi connectivity index (χ3v) is 3.63. The van der Waals surface area contributed by atoms with Crippen molar-refractivity contribution in [2.45, 2.75) is 11.8 Å². The number of nitriles is 1. The molecule has 0 aliphatic carbocycles. The lowest BCUT2D eigenvalue weighted by Gasteiger charge is -2.07. The van der Waals surface area contributed by atoms with Crippen molar-refractivity contribution in [1.29, 1.82) is 5.26 Å². The van der Waals surface area contributed by atoms with Crippen LogP contribution in [-0.2, 0) is 10.1 Å². The molecule has 2 rings (SSSR count). The quantitative estimate of drug-likeness (QED) is 0.800. The average molecular weight is 274 g/mol. The van der Waals surface area contributed by atoms with Crippen LogP contribution in [0.25, 0.3) is 0 Å². The summed E-state index contributed by atoms with van der Waals surface area (Å²) < 4.78 is 29.0. The van der Waals surface area contributed by atoms with E-state index >= 15 is 0 Å². The second-order valence-electron chi connectivity index (χ2n) is 3.81. The fourth-order valence-corrected chi connectivity index (χ4v) is 2.35. The Morgan fingerprint density at radius 2 is 1.89 bits per heavy atom. The summed E-state index contributed by atoms with van der Waals surface area (Å²) in [5.41, 5.74) is 0.872. The van der Waals surface area contributed by atoms with Crippen molar-refractivity contribution in [3.8, 4) is 11.8 Å². The molecule has 0 aliphatic heterocycles. The summed E-state index contributed by atoms with van der Waals surface area (Å²) in [6.45, 7) is 1.85. The highest BCUT2D eigenvalue weighted by atomic mass is 32.2. The Bertz CT molecular complexity index is 731. The topological polar surface area (TPSA) is 80.1 Å². The van der Waals surface area contributed by atoms with Crippen LogP contribution in [0.3, 0.4) is 0 Å². The molecule has 0 atom stereocenters. The maximum atomic E-state index is 12.0. The van der Waals surface area contributed by atoms with E-state index in [4.69, 9.17) is 9.44 Å². The predicted octanol–water partition coefficient (Wildman–Crippen LogP) is 2.03. The first-order chi connectivity index (χ1) is 9.03. The van der Waals surface area contributed by atoms with Gasteiger partial charge >= 0.3 is 10.1 Å². The van der Waals surface area contributed by atoms with Gasteiger partial charge in [-0.15, -0.1) is 0 Å². The van der Waals surface area contributed by atoms with Gasteiger partial charge in [-0.2, -0.15) is 13.7 Å². The molecule has 1 aromatic heterocycles. The van der Waals surface area contributed by atoms with Crippen molar-refractivity contribution in [2.75, 3.05) is 0 Å². The van der Waals surface area contributed by atoms with Crippen LogP contribution in [0.1, 0.15) is 11.3 Å². The van der Waals surface area contributed by atoms with E-state index in [0.717, 1.165) is 5.56 Å². The molecule has 0 amide bonds. The molecule has 0 fully saturated rings. The molecule has 96 valence electrons. The van der Waals surface area contributed by atoms with Crippen molar-refractivity contribution in [3.63, 3.8) is 0 Å². The van der Waals surface area contributed by atoms with Crippen molar-refractivity contribution in [1.82, 2.24) is 4.98 Å². The number of aromatic nitrogens is 1. The van der Waals surface area contributed by atoms with E-state index in [-0.39, 0.29) is 16.3 Å². The molecule has 5 nitrogen and oxygen atoms in total. The van der Waals surface area contributed by atoms with E-state index in [1.165, 1.54) is 30.5 Å². The van der Waals surface area contributed by atoms with Crippen molar-refractivity contribution in [2.24, 2.45) is 0 Å². The molecule has 0 unspecified atom stereocenters. The third-order valence-electron chi connectivity index (χ3n) is 2.39. The van der Waals surface area contributed by atoms with Gasteiger partial charge in [0.05, 0.1) is 0 Å². The highest BCUT2D eigenvalue weighted by Crippen LogP contribution is 2.20. The summed E-state index contributed by atoms with van der Waals surface area (Å²) in [4.78, 5) is 3.77. The fourth-order valence-electron chi connectivity index (χ4n) is 1.41. The van der Waals surface area contributed by atoms with Gasteiger partial charge in [0, 0.05) is 6.20 Å². The maximum Gasteiger partial charge on any atom is 0.339 e. The summed E-state index contributed by atoms with van der Waals surface area (Å²) in [5.74, 6) is -0.0782. The van der Waals surface area contributed by atoms with Crippen LogP contribution in [0, 0.1) is 18.3 Å². The summed E-state index contributed by atoms with van der Waals surface area (Å²) in [6.07, 6.45) is 1.39. The van der Waals surface area contributed by atoms with Crippen LogP contribution >= 0.6 is 0 Å². The minimum atomic E-state index is -3.95. The van der Waals surface area contributed by atoms with Crippen LogP contribution in [0.4, 0.5) is 0 Å². The number of nitrogens with zero attached hydrogens (tertiary/aromatic N) is 2. The molecule has 0 saturated carbocycles. The summed E-state index contributed by atoms with van der Waals surface area (Å²) >= 11 is 0. The third kappa shape index (κ3) is 2.89. The highest BCUT2D eigenvalue weighted by molar-refractivity contribution is 7.87. The lowest BCUT2D eigenvalue weighted by atomic mass is 10.2. The first-order valence-corrected chi connectivity index (χ1v) is 6.80.